The lowest BCUT2D eigenvalue weighted by Gasteiger charge is -2.04. The Balaban J connectivity index is 1.91. The van der Waals surface area contributed by atoms with E-state index in [4.69, 9.17) is 17.0 Å². The molecule has 0 saturated carbocycles. The number of thiocarbonyl (C=S) groups is 1. The highest BCUT2D eigenvalue weighted by molar-refractivity contribution is 8.26. The van der Waals surface area contributed by atoms with Crippen molar-refractivity contribution < 1.29 is 9.53 Å². The summed E-state index contributed by atoms with van der Waals surface area (Å²) in [4.78, 5) is 14.1. The Labute approximate surface area is 121 Å². The normalized spacial score (nSPS) is 24.0. The average molecular weight is 291 g/mol. The lowest BCUT2D eigenvalue weighted by molar-refractivity contribution is -0.121. The van der Waals surface area contributed by atoms with Gasteiger partial charge in [0.15, 0.2) is 0 Å². The SMILES string of the molecule is C[C@@H]1Cc2cc(/C=C3/SC(=S)N(C)C3=O)ccc2O1. The summed E-state index contributed by atoms with van der Waals surface area (Å²) in [6, 6.07) is 6.03. The molecule has 19 heavy (non-hydrogen) atoms. The van der Waals surface area contributed by atoms with E-state index in [2.05, 4.69) is 13.0 Å². The number of ether oxygens (including phenoxy) is 1. The number of hydrogen-bond donors (Lipinski definition) is 0. The fourth-order valence-corrected chi connectivity index (χ4v) is 3.41. The quantitative estimate of drug-likeness (QED) is 0.588. The van der Waals surface area contributed by atoms with Crippen LogP contribution in [-0.2, 0) is 11.2 Å². The van der Waals surface area contributed by atoms with Crippen LogP contribution in [0.1, 0.15) is 18.1 Å². The molecule has 0 spiro atoms. The molecule has 3 rings (SSSR count). The van der Waals surface area contributed by atoms with Gasteiger partial charge in [-0.2, -0.15) is 0 Å². The van der Waals surface area contributed by atoms with Gasteiger partial charge in [-0.15, -0.1) is 0 Å². The van der Waals surface area contributed by atoms with E-state index in [1.165, 1.54) is 22.2 Å². The van der Waals surface area contributed by atoms with Crippen molar-refractivity contribution in [2.24, 2.45) is 0 Å². The van der Waals surface area contributed by atoms with E-state index in [1.54, 1.807) is 7.05 Å². The zero-order valence-electron chi connectivity index (χ0n) is 10.7. The number of amides is 1. The van der Waals surface area contributed by atoms with Crippen molar-refractivity contribution in [2.45, 2.75) is 19.4 Å². The summed E-state index contributed by atoms with van der Waals surface area (Å²) in [6.07, 6.45) is 3.05. The van der Waals surface area contributed by atoms with Crippen molar-refractivity contribution in [3.05, 3.63) is 34.2 Å². The lowest BCUT2D eigenvalue weighted by atomic mass is 10.1. The molecule has 1 aromatic carbocycles. The summed E-state index contributed by atoms with van der Waals surface area (Å²) in [6.45, 7) is 2.06. The zero-order chi connectivity index (χ0) is 13.6. The number of benzene rings is 1. The molecule has 0 bridgehead atoms. The zero-order valence-corrected chi connectivity index (χ0v) is 12.3. The molecule has 98 valence electrons. The van der Waals surface area contributed by atoms with E-state index in [9.17, 15) is 4.79 Å². The molecule has 0 aliphatic carbocycles. The molecule has 1 atom stereocenters. The molecule has 0 N–H and O–H groups in total. The van der Waals surface area contributed by atoms with Crippen molar-refractivity contribution in [2.75, 3.05) is 7.05 Å². The highest BCUT2D eigenvalue weighted by atomic mass is 32.2. The van der Waals surface area contributed by atoms with Gasteiger partial charge in [0.25, 0.3) is 5.91 Å². The third kappa shape index (κ3) is 2.28. The minimum absolute atomic E-state index is 0.0277. The minimum Gasteiger partial charge on any atom is -0.490 e. The first-order chi connectivity index (χ1) is 9.04. The average Bonchev–Trinajstić information content (AvgIpc) is 2.84. The fraction of sp³-hybridized carbons (Fsp3) is 0.286. The van der Waals surface area contributed by atoms with Gasteiger partial charge in [-0.05, 0) is 36.3 Å². The molecular weight excluding hydrogens is 278 g/mol. The third-order valence-corrected chi connectivity index (χ3v) is 4.69. The molecule has 1 saturated heterocycles. The Bertz CT molecular complexity index is 609. The molecule has 3 nitrogen and oxygen atoms in total. The summed E-state index contributed by atoms with van der Waals surface area (Å²) < 4.78 is 6.27. The van der Waals surface area contributed by atoms with Gasteiger partial charge in [-0.25, -0.2) is 0 Å². The maximum atomic E-state index is 11.9. The van der Waals surface area contributed by atoms with E-state index >= 15 is 0 Å². The van der Waals surface area contributed by atoms with Crippen LogP contribution >= 0.6 is 24.0 Å². The summed E-state index contributed by atoms with van der Waals surface area (Å²) in [7, 11) is 1.71. The minimum atomic E-state index is -0.0277. The Kier molecular flexibility index (Phi) is 3.11. The van der Waals surface area contributed by atoms with Crippen molar-refractivity contribution in [1.82, 2.24) is 4.90 Å². The number of carbonyl (C=O) groups excluding carboxylic acids is 1. The number of likely N-dealkylation sites (N-methyl/N-ethyl adjacent to an activating group) is 1. The first-order valence-electron chi connectivity index (χ1n) is 6.06. The molecule has 2 heterocycles. The van der Waals surface area contributed by atoms with Crippen molar-refractivity contribution in [3.8, 4) is 5.75 Å². The summed E-state index contributed by atoms with van der Waals surface area (Å²) in [5.74, 6) is 0.924. The molecule has 0 unspecified atom stereocenters. The monoisotopic (exact) mass is 291 g/mol. The van der Waals surface area contributed by atoms with E-state index in [0.717, 1.165) is 17.7 Å². The molecule has 1 fully saturated rings. The topological polar surface area (TPSA) is 29.5 Å². The molecule has 2 aliphatic heterocycles. The van der Waals surface area contributed by atoms with Crippen LogP contribution < -0.4 is 4.74 Å². The number of nitrogens with zero attached hydrogens (tertiary/aromatic N) is 1. The second-order valence-corrected chi connectivity index (χ2v) is 6.42. The first-order valence-corrected chi connectivity index (χ1v) is 7.28. The van der Waals surface area contributed by atoms with Crippen LogP contribution in [0.3, 0.4) is 0 Å². The Morgan fingerprint density at radius 3 is 3.00 bits per heavy atom. The van der Waals surface area contributed by atoms with Gasteiger partial charge in [0.05, 0.1) is 4.91 Å². The Morgan fingerprint density at radius 2 is 2.32 bits per heavy atom. The molecule has 0 radical (unpaired) electrons. The van der Waals surface area contributed by atoms with Gasteiger partial charge in [-0.3, -0.25) is 9.69 Å². The number of thioether (sulfide) groups is 1. The largest absolute Gasteiger partial charge is 0.490 e. The Hall–Kier alpha value is -1.33. The summed E-state index contributed by atoms with van der Waals surface area (Å²) in [5.41, 5.74) is 2.22. The van der Waals surface area contributed by atoms with Gasteiger partial charge in [0.1, 0.15) is 16.2 Å². The van der Waals surface area contributed by atoms with Crippen LogP contribution in [0.25, 0.3) is 6.08 Å². The highest BCUT2D eigenvalue weighted by Gasteiger charge is 2.28. The van der Waals surface area contributed by atoms with E-state index in [-0.39, 0.29) is 12.0 Å². The number of carbonyl (C=O) groups is 1. The van der Waals surface area contributed by atoms with Crippen LogP contribution in [0.5, 0.6) is 5.75 Å². The van der Waals surface area contributed by atoms with Gasteiger partial charge < -0.3 is 4.74 Å². The van der Waals surface area contributed by atoms with E-state index in [1.807, 2.05) is 18.2 Å². The van der Waals surface area contributed by atoms with Gasteiger partial charge >= 0.3 is 0 Å². The van der Waals surface area contributed by atoms with Gasteiger partial charge in [0.2, 0.25) is 0 Å². The predicted octanol–water partition coefficient (Wildman–Crippen LogP) is 2.84. The van der Waals surface area contributed by atoms with Crippen LogP contribution in [0.4, 0.5) is 0 Å². The fourth-order valence-electron chi connectivity index (χ4n) is 2.23. The second kappa shape index (κ2) is 4.65. The van der Waals surface area contributed by atoms with E-state index in [0.29, 0.717) is 9.23 Å². The van der Waals surface area contributed by atoms with Crippen molar-refractivity contribution in [3.63, 3.8) is 0 Å². The third-order valence-electron chi connectivity index (χ3n) is 3.20. The molecule has 1 aromatic rings. The van der Waals surface area contributed by atoms with Crippen molar-refractivity contribution in [1.29, 1.82) is 0 Å². The van der Waals surface area contributed by atoms with Crippen molar-refractivity contribution >= 4 is 40.3 Å². The van der Waals surface area contributed by atoms with Crippen LogP contribution in [0, 0.1) is 0 Å². The predicted molar refractivity (Wildman–Crippen MR) is 81.2 cm³/mol. The standard InChI is InChI=1S/C14H13NO2S2/c1-8-5-10-6-9(3-4-11(10)17-8)7-12-13(16)15(2)14(18)19-12/h3-4,6-8H,5H2,1-2H3/b12-7+/t8-/m1/s1. The van der Waals surface area contributed by atoms with Crippen LogP contribution in [-0.4, -0.2) is 28.3 Å². The van der Waals surface area contributed by atoms with E-state index < -0.39 is 0 Å². The van der Waals surface area contributed by atoms with Crippen LogP contribution in [0.2, 0.25) is 0 Å². The van der Waals surface area contributed by atoms with Gasteiger partial charge in [-0.1, -0.05) is 30.0 Å². The summed E-state index contributed by atoms with van der Waals surface area (Å²) >= 11 is 6.46. The maximum absolute atomic E-state index is 11.9. The maximum Gasteiger partial charge on any atom is 0.265 e. The first kappa shape index (κ1) is 12.7. The summed E-state index contributed by atoms with van der Waals surface area (Å²) in [5, 5.41) is 0. The molecule has 1 amide bonds. The lowest BCUT2D eigenvalue weighted by Crippen LogP contribution is -2.22. The number of rotatable bonds is 1. The molecule has 2 aliphatic rings. The highest BCUT2D eigenvalue weighted by Crippen LogP contribution is 2.34. The number of fused-ring (bicyclic) bond motifs is 1. The molecule has 0 aromatic heterocycles. The smallest absolute Gasteiger partial charge is 0.265 e. The second-order valence-electron chi connectivity index (χ2n) is 4.74. The Morgan fingerprint density at radius 1 is 1.53 bits per heavy atom. The van der Waals surface area contributed by atoms with Gasteiger partial charge in [0, 0.05) is 13.5 Å². The van der Waals surface area contributed by atoms with Crippen LogP contribution in [0.15, 0.2) is 23.1 Å². The number of hydrogen-bond acceptors (Lipinski definition) is 4. The molecular formula is C14H13NO2S2. The molecule has 5 heteroatoms.